The van der Waals surface area contributed by atoms with Crippen LogP contribution in [0.25, 0.3) is 0 Å². The zero-order chi connectivity index (χ0) is 28.2. The molecule has 3 N–H and O–H groups in total. The van der Waals surface area contributed by atoms with Crippen LogP contribution in [0.15, 0.2) is 66.7 Å². The van der Waals surface area contributed by atoms with Gasteiger partial charge in [-0.3, -0.25) is 14.4 Å². The molecule has 0 bridgehead atoms. The van der Waals surface area contributed by atoms with Crippen LogP contribution in [0.2, 0.25) is 0 Å². The largest absolute Gasteiger partial charge is 0.489 e. The Morgan fingerprint density at radius 3 is 2.50 bits per heavy atom. The maximum atomic E-state index is 13.4. The minimum Gasteiger partial charge on any atom is -0.489 e. The molecule has 8 nitrogen and oxygen atoms in total. The lowest BCUT2D eigenvalue weighted by atomic mass is 9.95. The van der Waals surface area contributed by atoms with E-state index in [1.807, 2.05) is 66.7 Å². The third-order valence-corrected chi connectivity index (χ3v) is 7.62. The summed E-state index contributed by atoms with van der Waals surface area (Å²) < 4.78 is 11.3. The quantitative estimate of drug-likeness (QED) is 0.322. The third kappa shape index (κ3) is 8.95. The van der Waals surface area contributed by atoms with Crippen molar-refractivity contribution in [2.75, 3.05) is 13.2 Å². The first-order valence-corrected chi connectivity index (χ1v) is 14.2. The van der Waals surface area contributed by atoms with Gasteiger partial charge in [0, 0.05) is 12.8 Å². The molecule has 0 aromatic heterocycles. The molecule has 2 unspecified atom stereocenters. The molecule has 2 atom stereocenters. The second-order valence-electron chi connectivity index (χ2n) is 10.9. The maximum Gasteiger partial charge on any atom is 0.306 e. The monoisotopic (exact) mass is 548 g/mol. The number of hydrogen-bond donors (Lipinski definition) is 3. The third-order valence-electron chi connectivity index (χ3n) is 7.62. The van der Waals surface area contributed by atoms with Crippen LogP contribution in [0.1, 0.15) is 62.5 Å². The van der Waals surface area contributed by atoms with E-state index in [4.69, 9.17) is 9.47 Å². The number of carbonyl (C=O) groups excluding carboxylic acids is 3. The topological polar surface area (TPSA) is 114 Å². The van der Waals surface area contributed by atoms with Crippen molar-refractivity contribution in [1.82, 2.24) is 10.6 Å². The van der Waals surface area contributed by atoms with E-state index < -0.39 is 17.5 Å². The van der Waals surface area contributed by atoms with E-state index in [1.54, 1.807) is 0 Å². The molecular formula is C32H40N2O6. The van der Waals surface area contributed by atoms with E-state index in [9.17, 15) is 19.5 Å². The van der Waals surface area contributed by atoms with Crippen LogP contribution in [0, 0.1) is 5.92 Å². The predicted molar refractivity (Wildman–Crippen MR) is 151 cm³/mol. The van der Waals surface area contributed by atoms with Crippen LogP contribution < -0.4 is 15.4 Å². The number of cyclic esters (lactones) is 1. The molecule has 1 aliphatic heterocycles. The van der Waals surface area contributed by atoms with Crippen LogP contribution in [-0.4, -0.2) is 47.7 Å². The highest BCUT2D eigenvalue weighted by atomic mass is 16.5. The van der Waals surface area contributed by atoms with Gasteiger partial charge < -0.3 is 25.2 Å². The highest BCUT2D eigenvalue weighted by Gasteiger charge is 2.35. The first-order valence-electron chi connectivity index (χ1n) is 14.2. The van der Waals surface area contributed by atoms with Gasteiger partial charge >= 0.3 is 5.97 Å². The Labute approximate surface area is 236 Å². The second-order valence-corrected chi connectivity index (χ2v) is 10.9. The van der Waals surface area contributed by atoms with Gasteiger partial charge in [0.1, 0.15) is 19.0 Å². The minimum atomic E-state index is -0.581. The molecule has 1 aliphatic carbocycles. The number of ether oxygens (including phenoxy) is 2. The lowest BCUT2D eigenvalue weighted by Gasteiger charge is -2.29. The number of amides is 2. The summed E-state index contributed by atoms with van der Waals surface area (Å²) in [6.07, 6.45) is 8.78. The Hall–Kier alpha value is -3.65. The summed E-state index contributed by atoms with van der Waals surface area (Å²) in [4.78, 5) is 38.5. The number of esters is 1. The first-order chi connectivity index (χ1) is 19.4. The SMILES string of the molecule is O=C(CC1CC=CCCC(=O)OCC(Cc2ccc(OCc3ccccc3)cc2)NC1=O)NC1(CO)CCCC1. The van der Waals surface area contributed by atoms with Gasteiger partial charge in [-0.05, 0) is 55.4 Å². The number of aliphatic hydroxyl groups is 1. The Bertz CT molecular complexity index is 1140. The summed E-state index contributed by atoms with van der Waals surface area (Å²) in [6, 6.07) is 17.1. The van der Waals surface area contributed by atoms with E-state index in [0.29, 0.717) is 25.9 Å². The van der Waals surface area contributed by atoms with Gasteiger partial charge in [0.2, 0.25) is 11.8 Å². The van der Waals surface area contributed by atoms with Gasteiger partial charge in [-0.15, -0.1) is 0 Å². The molecule has 0 saturated heterocycles. The molecule has 40 heavy (non-hydrogen) atoms. The van der Waals surface area contributed by atoms with E-state index >= 15 is 0 Å². The zero-order valence-electron chi connectivity index (χ0n) is 23.0. The molecule has 8 heteroatoms. The molecule has 0 spiro atoms. The van der Waals surface area contributed by atoms with Gasteiger partial charge in [0.15, 0.2) is 0 Å². The van der Waals surface area contributed by atoms with Gasteiger partial charge in [0.25, 0.3) is 0 Å². The molecule has 1 fully saturated rings. The summed E-state index contributed by atoms with van der Waals surface area (Å²) in [5.74, 6) is -0.627. The van der Waals surface area contributed by atoms with Crippen molar-refractivity contribution < 1.29 is 29.0 Å². The molecule has 1 heterocycles. The van der Waals surface area contributed by atoms with Crippen LogP contribution in [-0.2, 0) is 32.1 Å². The summed E-state index contributed by atoms with van der Waals surface area (Å²) >= 11 is 0. The molecule has 0 radical (unpaired) electrons. The van der Waals surface area contributed by atoms with Gasteiger partial charge in [-0.25, -0.2) is 0 Å². The molecule has 2 aromatic carbocycles. The number of allylic oxidation sites excluding steroid dienone is 2. The highest BCUT2D eigenvalue weighted by Crippen LogP contribution is 2.29. The Morgan fingerprint density at radius 2 is 1.77 bits per heavy atom. The summed E-state index contributed by atoms with van der Waals surface area (Å²) in [5, 5.41) is 15.9. The van der Waals surface area contributed by atoms with Crippen LogP contribution >= 0.6 is 0 Å². The molecule has 214 valence electrons. The van der Waals surface area contributed by atoms with E-state index in [1.165, 1.54) is 0 Å². The standard InChI is InChI=1S/C32H40N2O6/c35-23-32(17-7-8-18-32)34-29(36)20-26-11-5-2-6-12-30(37)40-22-27(33-31(26)38)19-24-13-15-28(16-14-24)39-21-25-9-3-1-4-10-25/h1-5,9-10,13-16,26-27,35H,6-8,11-12,17-23H2,(H,33,38)(H,34,36). The fraction of sp³-hybridized carbons (Fsp3) is 0.469. The fourth-order valence-electron chi connectivity index (χ4n) is 5.29. The lowest BCUT2D eigenvalue weighted by Crippen LogP contribution is -2.50. The Balaban J connectivity index is 1.39. The summed E-state index contributed by atoms with van der Waals surface area (Å²) in [6.45, 7) is 0.420. The van der Waals surface area contributed by atoms with E-state index in [2.05, 4.69) is 10.6 Å². The zero-order valence-corrected chi connectivity index (χ0v) is 23.0. The average molecular weight is 549 g/mol. The summed E-state index contributed by atoms with van der Waals surface area (Å²) in [5.41, 5.74) is 1.46. The molecule has 1 saturated carbocycles. The van der Waals surface area contributed by atoms with Gasteiger partial charge in [-0.2, -0.15) is 0 Å². The van der Waals surface area contributed by atoms with Crippen LogP contribution in [0.4, 0.5) is 0 Å². The van der Waals surface area contributed by atoms with Crippen molar-refractivity contribution in [3.05, 3.63) is 77.9 Å². The smallest absolute Gasteiger partial charge is 0.306 e. The summed E-state index contributed by atoms with van der Waals surface area (Å²) in [7, 11) is 0. The van der Waals surface area contributed by atoms with Crippen molar-refractivity contribution in [1.29, 1.82) is 0 Å². The second kappa shape index (κ2) is 14.7. The average Bonchev–Trinajstić information content (AvgIpc) is 3.43. The molecular weight excluding hydrogens is 508 g/mol. The van der Waals surface area contributed by atoms with E-state index in [-0.39, 0.29) is 43.8 Å². The van der Waals surface area contributed by atoms with Crippen LogP contribution in [0.5, 0.6) is 5.75 Å². The number of aliphatic hydroxyl groups excluding tert-OH is 1. The Morgan fingerprint density at radius 1 is 1.02 bits per heavy atom. The van der Waals surface area contributed by atoms with Gasteiger partial charge in [0.05, 0.1) is 24.1 Å². The fourth-order valence-corrected chi connectivity index (χ4v) is 5.29. The van der Waals surface area contributed by atoms with E-state index in [0.717, 1.165) is 42.6 Å². The van der Waals surface area contributed by atoms with Crippen molar-refractivity contribution in [2.24, 2.45) is 5.92 Å². The number of rotatable bonds is 9. The lowest BCUT2D eigenvalue weighted by molar-refractivity contribution is -0.145. The Kier molecular flexibility index (Phi) is 10.7. The number of hydrogen-bond acceptors (Lipinski definition) is 6. The van der Waals surface area contributed by atoms with Crippen LogP contribution in [0.3, 0.4) is 0 Å². The number of benzene rings is 2. The van der Waals surface area contributed by atoms with Crippen molar-refractivity contribution in [3.63, 3.8) is 0 Å². The highest BCUT2D eigenvalue weighted by molar-refractivity contribution is 5.86. The van der Waals surface area contributed by atoms with Crippen molar-refractivity contribution in [3.8, 4) is 5.75 Å². The molecule has 4 rings (SSSR count). The maximum absolute atomic E-state index is 13.4. The first kappa shape index (κ1) is 29.3. The molecule has 2 aliphatic rings. The predicted octanol–water partition coefficient (Wildman–Crippen LogP) is 4.00. The molecule has 2 aromatic rings. The minimum absolute atomic E-state index is 0.0257. The van der Waals surface area contributed by atoms with Crippen molar-refractivity contribution >= 4 is 17.8 Å². The number of nitrogens with one attached hydrogen (secondary N) is 2. The van der Waals surface area contributed by atoms with Gasteiger partial charge in [-0.1, -0.05) is 67.5 Å². The molecule has 2 amide bonds. The normalized spacial score (nSPS) is 21.4. The van der Waals surface area contributed by atoms with Crippen molar-refractivity contribution in [2.45, 2.75) is 76.0 Å². The number of carbonyl (C=O) groups is 3.